The average molecular weight is 415 g/mol. The quantitative estimate of drug-likeness (QED) is 0.590. The number of anilines is 2. The van der Waals surface area contributed by atoms with Gasteiger partial charge in [-0.1, -0.05) is 48.5 Å². The van der Waals surface area contributed by atoms with Crippen molar-refractivity contribution in [3.05, 3.63) is 84.1 Å². The number of likely N-dealkylation sites (tertiary alicyclic amines) is 1. The lowest BCUT2D eigenvalue weighted by Crippen LogP contribution is -2.28. The molecule has 7 nitrogen and oxygen atoms in total. The van der Waals surface area contributed by atoms with E-state index < -0.39 is 0 Å². The zero-order chi connectivity index (χ0) is 21.5. The van der Waals surface area contributed by atoms with Crippen LogP contribution in [0.2, 0.25) is 0 Å². The smallest absolute Gasteiger partial charge is 0.276 e. The van der Waals surface area contributed by atoms with Crippen molar-refractivity contribution in [1.82, 2.24) is 15.1 Å². The minimum atomic E-state index is -0.305. The van der Waals surface area contributed by atoms with Crippen molar-refractivity contribution in [2.24, 2.45) is 5.92 Å². The average Bonchev–Trinajstić information content (AvgIpc) is 3.17. The van der Waals surface area contributed by atoms with Crippen LogP contribution in [0.15, 0.2) is 72.8 Å². The Bertz CT molecular complexity index is 1010. The van der Waals surface area contributed by atoms with Gasteiger partial charge in [-0.15, -0.1) is 10.2 Å². The summed E-state index contributed by atoms with van der Waals surface area (Å²) in [6.45, 7) is 2.12. The molecule has 0 saturated carbocycles. The molecule has 2 N–H and O–H groups in total. The number of nitrogens with zero attached hydrogens (tertiary/aromatic N) is 3. The van der Waals surface area contributed by atoms with Crippen LogP contribution in [-0.2, 0) is 11.2 Å². The van der Waals surface area contributed by atoms with Crippen molar-refractivity contribution in [2.75, 3.05) is 30.3 Å². The summed E-state index contributed by atoms with van der Waals surface area (Å²) in [7, 11) is 0. The maximum Gasteiger partial charge on any atom is 0.276 e. The Balaban J connectivity index is 1.24. The highest BCUT2D eigenvalue weighted by Gasteiger charge is 2.29. The van der Waals surface area contributed by atoms with Crippen molar-refractivity contribution < 1.29 is 9.59 Å². The van der Waals surface area contributed by atoms with Gasteiger partial charge in [-0.2, -0.15) is 0 Å². The monoisotopic (exact) mass is 415 g/mol. The van der Waals surface area contributed by atoms with E-state index in [1.807, 2.05) is 53.4 Å². The first-order valence-electron chi connectivity index (χ1n) is 10.4. The lowest BCUT2D eigenvalue weighted by Gasteiger charge is -2.17. The van der Waals surface area contributed by atoms with Crippen LogP contribution in [0.4, 0.5) is 11.5 Å². The largest absolute Gasteiger partial charge is 0.368 e. The first kappa shape index (κ1) is 20.5. The second-order valence-electron chi connectivity index (χ2n) is 7.65. The van der Waals surface area contributed by atoms with Gasteiger partial charge >= 0.3 is 0 Å². The summed E-state index contributed by atoms with van der Waals surface area (Å²) in [5, 5.41) is 14.1. The number of amides is 2. The van der Waals surface area contributed by atoms with Crippen LogP contribution in [0.3, 0.4) is 0 Å². The number of benzene rings is 2. The number of aromatic nitrogens is 2. The van der Waals surface area contributed by atoms with Crippen molar-refractivity contribution in [1.29, 1.82) is 0 Å². The summed E-state index contributed by atoms with van der Waals surface area (Å²) in [6.07, 6.45) is 1.40. The standard InChI is InChI=1S/C24H25N5O2/c30-23-15-19(17-29(23)14-13-18-7-3-1-4-8-18)16-25-22-12-11-21(27-28-22)24(31)26-20-9-5-2-6-10-20/h1-12,19H,13-17H2,(H,25,28)(H,26,31)/t19-/m0/s1. The van der Waals surface area contributed by atoms with E-state index in [2.05, 4.69) is 33.0 Å². The fraction of sp³-hybridized carbons (Fsp3) is 0.250. The van der Waals surface area contributed by atoms with Crippen LogP contribution < -0.4 is 10.6 Å². The summed E-state index contributed by atoms with van der Waals surface area (Å²) in [5.41, 5.74) is 2.19. The molecule has 4 rings (SSSR count). The minimum absolute atomic E-state index is 0.196. The molecule has 2 aromatic carbocycles. The van der Waals surface area contributed by atoms with Crippen LogP contribution in [0.25, 0.3) is 0 Å². The molecule has 0 spiro atoms. The van der Waals surface area contributed by atoms with Gasteiger partial charge in [0.2, 0.25) is 5.91 Å². The Kier molecular flexibility index (Phi) is 6.52. The number of hydrogen-bond acceptors (Lipinski definition) is 5. The maximum atomic E-state index is 12.3. The lowest BCUT2D eigenvalue weighted by molar-refractivity contribution is -0.127. The number of carbonyl (C=O) groups excluding carboxylic acids is 2. The van der Waals surface area contributed by atoms with Crippen molar-refractivity contribution in [3.8, 4) is 0 Å². The molecule has 0 aliphatic carbocycles. The molecule has 1 fully saturated rings. The molecule has 1 atom stereocenters. The van der Waals surface area contributed by atoms with E-state index in [0.717, 1.165) is 19.5 Å². The van der Waals surface area contributed by atoms with E-state index >= 15 is 0 Å². The van der Waals surface area contributed by atoms with Gasteiger partial charge in [-0.05, 0) is 36.2 Å². The molecule has 1 aliphatic heterocycles. The van der Waals surface area contributed by atoms with E-state index in [4.69, 9.17) is 0 Å². The highest BCUT2D eigenvalue weighted by molar-refractivity contribution is 6.02. The number of nitrogens with one attached hydrogen (secondary N) is 2. The first-order chi connectivity index (χ1) is 15.2. The Morgan fingerprint density at radius 2 is 1.71 bits per heavy atom. The summed E-state index contributed by atoms with van der Waals surface area (Å²) in [6, 6.07) is 22.8. The fourth-order valence-corrected chi connectivity index (χ4v) is 3.63. The van der Waals surface area contributed by atoms with Crippen LogP contribution >= 0.6 is 0 Å². The zero-order valence-corrected chi connectivity index (χ0v) is 17.2. The van der Waals surface area contributed by atoms with Crippen molar-refractivity contribution >= 4 is 23.3 Å². The van der Waals surface area contributed by atoms with E-state index in [1.165, 1.54) is 5.56 Å². The van der Waals surface area contributed by atoms with Crippen LogP contribution in [0.5, 0.6) is 0 Å². The second-order valence-corrected chi connectivity index (χ2v) is 7.65. The molecule has 2 amide bonds. The predicted octanol–water partition coefficient (Wildman–Crippen LogP) is 3.23. The number of rotatable bonds is 8. The number of para-hydroxylation sites is 1. The summed E-state index contributed by atoms with van der Waals surface area (Å²) >= 11 is 0. The van der Waals surface area contributed by atoms with Crippen molar-refractivity contribution in [2.45, 2.75) is 12.8 Å². The molecule has 0 radical (unpaired) electrons. The minimum Gasteiger partial charge on any atom is -0.368 e. The highest BCUT2D eigenvalue weighted by Crippen LogP contribution is 2.19. The lowest BCUT2D eigenvalue weighted by atomic mass is 10.1. The SMILES string of the molecule is O=C(Nc1ccccc1)c1ccc(NC[C@@H]2CC(=O)N(CCc3ccccc3)C2)nn1. The molecule has 0 bridgehead atoms. The molecule has 1 aromatic heterocycles. The molecule has 2 heterocycles. The third-order valence-corrected chi connectivity index (χ3v) is 5.31. The predicted molar refractivity (Wildman–Crippen MR) is 120 cm³/mol. The number of hydrogen-bond donors (Lipinski definition) is 2. The molecule has 3 aromatic rings. The Morgan fingerprint density at radius 1 is 0.968 bits per heavy atom. The first-order valence-corrected chi connectivity index (χ1v) is 10.4. The second kappa shape index (κ2) is 9.84. The number of carbonyl (C=O) groups is 2. The fourth-order valence-electron chi connectivity index (χ4n) is 3.63. The molecule has 158 valence electrons. The molecular weight excluding hydrogens is 390 g/mol. The topological polar surface area (TPSA) is 87.2 Å². The van der Waals surface area contributed by atoms with E-state index in [-0.39, 0.29) is 23.4 Å². The van der Waals surface area contributed by atoms with Crippen molar-refractivity contribution in [3.63, 3.8) is 0 Å². The third-order valence-electron chi connectivity index (χ3n) is 5.31. The normalized spacial score (nSPS) is 15.7. The van der Waals surface area contributed by atoms with E-state index in [1.54, 1.807) is 12.1 Å². The van der Waals surface area contributed by atoms with Gasteiger partial charge in [-0.25, -0.2) is 0 Å². The Hall–Kier alpha value is -3.74. The molecule has 31 heavy (non-hydrogen) atoms. The van der Waals surface area contributed by atoms with Gasteiger partial charge in [0, 0.05) is 37.7 Å². The van der Waals surface area contributed by atoms with Gasteiger partial charge in [0.15, 0.2) is 5.69 Å². The third kappa shape index (κ3) is 5.66. The summed E-state index contributed by atoms with van der Waals surface area (Å²) in [5.74, 6) is 0.708. The van der Waals surface area contributed by atoms with Gasteiger partial charge in [0.25, 0.3) is 5.91 Å². The maximum absolute atomic E-state index is 12.3. The van der Waals surface area contributed by atoms with Gasteiger partial charge in [0.1, 0.15) is 5.82 Å². The molecule has 7 heteroatoms. The van der Waals surface area contributed by atoms with Crippen LogP contribution in [-0.4, -0.2) is 46.5 Å². The molecular formula is C24H25N5O2. The molecule has 0 unspecified atom stereocenters. The van der Waals surface area contributed by atoms with Crippen LogP contribution in [0, 0.1) is 5.92 Å². The van der Waals surface area contributed by atoms with E-state index in [9.17, 15) is 9.59 Å². The van der Waals surface area contributed by atoms with Gasteiger partial charge in [-0.3, -0.25) is 9.59 Å². The van der Waals surface area contributed by atoms with Gasteiger partial charge < -0.3 is 15.5 Å². The summed E-state index contributed by atoms with van der Waals surface area (Å²) in [4.78, 5) is 26.5. The molecule has 1 aliphatic rings. The summed E-state index contributed by atoms with van der Waals surface area (Å²) < 4.78 is 0. The Labute approximate surface area is 181 Å². The Morgan fingerprint density at radius 3 is 2.42 bits per heavy atom. The molecule has 1 saturated heterocycles. The zero-order valence-electron chi connectivity index (χ0n) is 17.2. The highest BCUT2D eigenvalue weighted by atomic mass is 16.2. The van der Waals surface area contributed by atoms with Gasteiger partial charge in [0.05, 0.1) is 0 Å². The van der Waals surface area contributed by atoms with E-state index in [0.29, 0.717) is 24.5 Å². The van der Waals surface area contributed by atoms with Crippen LogP contribution in [0.1, 0.15) is 22.5 Å².